The maximum Gasteiger partial charge on any atom is 0.151 e. The smallest absolute Gasteiger partial charge is 0.151 e. The van der Waals surface area contributed by atoms with E-state index in [0.29, 0.717) is 0 Å². The second kappa shape index (κ2) is 5.09. The van der Waals surface area contributed by atoms with Gasteiger partial charge in [-0.25, -0.2) is 4.98 Å². The first-order chi connectivity index (χ1) is 6.27. The molecule has 1 N–H and O–H groups in total. The van der Waals surface area contributed by atoms with Gasteiger partial charge in [-0.1, -0.05) is 18.7 Å². The van der Waals surface area contributed by atoms with Crippen molar-refractivity contribution in [3.8, 4) is 5.75 Å². The van der Waals surface area contributed by atoms with Crippen LogP contribution in [-0.4, -0.2) is 29.1 Å². The number of nitrogens with zero attached hydrogens (tertiary/aromatic N) is 1. The Bertz CT molecular complexity index is 268. The molecule has 1 aromatic rings. The highest BCUT2D eigenvalue weighted by molar-refractivity contribution is 8.00. The zero-order valence-electron chi connectivity index (χ0n) is 7.73. The van der Waals surface area contributed by atoms with Crippen LogP contribution in [-0.2, 0) is 0 Å². The van der Waals surface area contributed by atoms with Crippen LogP contribution >= 0.6 is 11.8 Å². The molecule has 0 spiro atoms. The van der Waals surface area contributed by atoms with E-state index < -0.39 is 0 Å². The molecule has 1 atom stereocenters. The molecule has 4 heteroatoms. The molecule has 0 aromatic carbocycles. The highest BCUT2D eigenvalue weighted by atomic mass is 32.2. The SMILES string of the molecule is COc1cccnc1SC(C)CO. The molecule has 0 aliphatic carbocycles. The minimum absolute atomic E-state index is 0.142. The molecule has 1 unspecified atom stereocenters. The molecule has 72 valence electrons. The van der Waals surface area contributed by atoms with Crippen molar-refractivity contribution in [1.29, 1.82) is 0 Å². The van der Waals surface area contributed by atoms with Gasteiger partial charge in [0.15, 0.2) is 5.75 Å². The molecule has 0 aliphatic rings. The Morgan fingerprint density at radius 2 is 2.46 bits per heavy atom. The quantitative estimate of drug-likeness (QED) is 0.747. The molecular weight excluding hydrogens is 186 g/mol. The summed E-state index contributed by atoms with van der Waals surface area (Å²) >= 11 is 1.51. The number of methoxy groups -OCH3 is 1. The van der Waals surface area contributed by atoms with Gasteiger partial charge in [-0.2, -0.15) is 0 Å². The lowest BCUT2D eigenvalue weighted by molar-refractivity contribution is 0.300. The third-order valence-electron chi connectivity index (χ3n) is 1.53. The minimum Gasteiger partial charge on any atom is -0.494 e. The van der Waals surface area contributed by atoms with E-state index in [0.717, 1.165) is 10.8 Å². The fourth-order valence-electron chi connectivity index (χ4n) is 0.848. The summed E-state index contributed by atoms with van der Waals surface area (Å²) in [6, 6.07) is 3.69. The number of pyridine rings is 1. The molecule has 3 nitrogen and oxygen atoms in total. The van der Waals surface area contributed by atoms with Gasteiger partial charge in [0.2, 0.25) is 0 Å². The van der Waals surface area contributed by atoms with E-state index in [1.165, 1.54) is 11.8 Å². The number of thioether (sulfide) groups is 1. The molecule has 0 amide bonds. The zero-order valence-corrected chi connectivity index (χ0v) is 8.54. The second-order valence-electron chi connectivity index (χ2n) is 2.62. The number of hydrogen-bond donors (Lipinski definition) is 1. The number of hydrogen-bond acceptors (Lipinski definition) is 4. The van der Waals surface area contributed by atoms with Gasteiger partial charge in [0, 0.05) is 11.4 Å². The van der Waals surface area contributed by atoms with E-state index in [9.17, 15) is 0 Å². The molecular formula is C9H13NO2S. The first-order valence-electron chi connectivity index (χ1n) is 4.04. The largest absolute Gasteiger partial charge is 0.494 e. The van der Waals surface area contributed by atoms with Crippen molar-refractivity contribution in [3.05, 3.63) is 18.3 Å². The summed E-state index contributed by atoms with van der Waals surface area (Å²) in [6.45, 7) is 2.09. The van der Waals surface area contributed by atoms with Crippen LogP contribution < -0.4 is 4.74 Å². The van der Waals surface area contributed by atoms with E-state index in [4.69, 9.17) is 9.84 Å². The van der Waals surface area contributed by atoms with Crippen molar-refractivity contribution in [2.75, 3.05) is 13.7 Å². The van der Waals surface area contributed by atoms with Crippen molar-refractivity contribution >= 4 is 11.8 Å². The number of aliphatic hydroxyl groups is 1. The van der Waals surface area contributed by atoms with Crippen LogP contribution in [0.1, 0.15) is 6.92 Å². The Kier molecular flexibility index (Phi) is 4.05. The molecule has 0 radical (unpaired) electrons. The summed E-state index contributed by atoms with van der Waals surface area (Å²) in [5, 5.41) is 9.84. The maximum absolute atomic E-state index is 8.87. The standard InChI is InChI=1S/C9H13NO2S/c1-7(6-11)13-9-8(12-2)4-3-5-10-9/h3-5,7,11H,6H2,1-2H3. The summed E-state index contributed by atoms with van der Waals surface area (Å²) in [7, 11) is 1.62. The maximum atomic E-state index is 8.87. The molecule has 1 aromatic heterocycles. The van der Waals surface area contributed by atoms with Crippen LogP contribution in [0.2, 0.25) is 0 Å². The Morgan fingerprint density at radius 1 is 1.69 bits per heavy atom. The van der Waals surface area contributed by atoms with Gasteiger partial charge < -0.3 is 9.84 Å². The third kappa shape index (κ3) is 2.90. The predicted octanol–water partition coefficient (Wildman–Crippen LogP) is 1.56. The molecule has 0 fully saturated rings. The highest BCUT2D eigenvalue weighted by Crippen LogP contribution is 2.29. The normalized spacial score (nSPS) is 12.5. The zero-order chi connectivity index (χ0) is 9.68. The second-order valence-corrected chi connectivity index (χ2v) is 4.05. The summed E-state index contributed by atoms with van der Waals surface area (Å²) < 4.78 is 5.13. The average molecular weight is 199 g/mol. The summed E-state index contributed by atoms with van der Waals surface area (Å²) in [6.07, 6.45) is 1.72. The van der Waals surface area contributed by atoms with Gasteiger partial charge in [0.25, 0.3) is 0 Å². The van der Waals surface area contributed by atoms with Crippen LogP contribution in [0.25, 0.3) is 0 Å². The monoisotopic (exact) mass is 199 g/mol. The average Bonchev–Trinajstić information content (AvgIpc) is 2.18. The van der Waals surface area contributed by atoms with Crippen molar-refractivity contribution in [2.45, 2.75) is 17.2 Å². The first kappa shape index (κ1) is 10.3. The van der Waals surface area contributed by atoms with E-state index in [1.54, 1.807) is 13.3 Å². The minimum atomic E-state index is 0.142. The Balaban J connectivity index is 2.74. The van der Waals surface area contributed by atoms with E-state index in [-0.39, 0.29) is 11.9 Å². The lowest BCUT2D eigenvalue weighted by Crippen LogP contribution is -2.02. The van der Waals surface area contributed by atoms with Crippen molar-refractivity contribution in [2.24, 2.45) is 0 Å². The number of aromatic nitrogens is 1. The van der Waals surface area contributed by atoms with Gasteiger partial charge in [0.1, 0.15) is 5.03 Å². The first-order valence-corrected chi connectivity index (χ1v) is 4.92. The van der Waals surface area contributed by atoms with Crippen molar-refractivity contribution in [1.82, 2.24) is 4.98 Å². The molecule has 1 heterocycles. The third-order valence-corrected chi connectivity index (χ3v) is 2.61. The number of aliphatic hydroxyl groups excluding tert-OH is 1. The van der Waals surface area contributed by atoms with E-state index in [2.05, 4.69) is 4.98 Å². The summed E-state index contributed by atoms with van der Waals surface area (Å²) in [5.74, 6) is 0.757. The Hall–Kier alpha value is -0.740. The molecule has 0 bridgehead atoms. The Labute approximate surface area is 82.1 Å². The van der Waals surface area contributed by atoms with Gasteiger partial charge in [-0.15, -0.1) is 0 Å². The predicted molar refractivity (Wildman–Crippen MR) is 53.2 cm³/mol. The topological polar surface area (TPSA) is 42.4 Å². The van der Waals surface area contributed by atoms with Gasteiger partial charge in [0.05, 0.1) is 13.7 Å². The molecule has 0 saturated carbocycles. The molecule has 0 saturated heterocycles. The van der Waals surface area contributed by atoms with E-state index in [1.807, 2.05) is 19.1 Å². The van der Waals surface area contributed by atoms with Crippen LogP contribution in [0.4, 0.5) is 0 Å². The number of ether oxygens (including phenoxy) is 1. The van der Waals surface area contributed by atoms with Crippen LogP contribution in [0.15, 0.2) is 23.4 Å². The molecule has 13 heavy (non-hydrogen) atoms. The molecule has 0 aliphatic heterocycles. The number of rotatable bonds is 4. The van der Waals surface area contributed by atoms with Crippen LogP contribution in [0, 0.1) is 0 Å². The fourth-order valence-corrected chi connectivity index (χ4v) is 1.69. The summed E-state index contributed by atoms with van der Waals surface area (Å²) in [5.41, 5.74) is 0. The Morgan fingerprint density at radius 3 is 3.08 bits per heavy atom. The van der Waals surface area contributed by atoms with Crippen LogP contribution in [0.5, 0.6) is 5.75 Å². The summed E-state index contributed by atoms with van der Waals surface area (Å²) in [4.78, 5) is 4.16. The van der Waals surface area contributed by atoms with Crippen molar-refractivity contribution < 1.29 is 9.84 Å². The van der Waals surface area contributed by atoms with E-state index >= 15 is 0 Å². The van der Waals surface area contributed by atoms with Crippen LogP contribution in [0.3, 0.4) is 0 Å². The van der Waals surface area contributed by atoms with Crippen molar-refractivity contribution in [3.63, 3.8) is 0 Å². The van der Waals surface area contributed by atoms with Gasteiger partial charge in [-0.3, -0.25) is 0 Å². The molecule has 1 rings (SSSR count). The van der Waals surface area contributed by atoms with Gasteiger partial charge >= 0.3 is 0 Å². The fraction of sp³-hybridized carbons (Fsp3) is 0.444. The highest BCUT2D eigenvalue weighted by Gasteiger charge is 2.08. The lowest BCUT2D eigenvalue weighted by Gasteiger charge is -2.09. The van der Waals surface area contributed by atoms with Gasteiger partial charge in [-0.05, 0) is 12.1 Å². The lowest BCUT2D eigenvalue weighted by atomic mass is 10.5.